The predicted octanol–water partition coefficient (Wildman–Crippen LogP) is 6.63. The molecule has 0 saturated carbocycles. The van der Waals surface area contributed by atoms with Crippen molar-refractivity contribution in [3.63, 3.8) is 0 Å². The molecule has 3 rings (SSSR count). The first-order valence-corrected chi connectivity index (χ1v) is 8.70. The molecule has 2 heteroatoms. The highest BCUT2D eigenvalue weighted by atomic mass is 32.2. The van der Waals surface area contributed by atoms with E-state index in [0.717, 1.165) is 5.56 Å². The molecule has 0 heterocycles. The molecule has 0 spiro atoms. The van der Waals surface area contributed by atoms with E-state index in [4.69, 9.17) is 0 Å². The summed E-state index contributed by atoms with van der Waals surface area (Å²) in [6.45, 7) is 3.79. The largest absolute Gasteiger partial charge is 0.0985 e. The number of hydrogen-bond acceptors (Lipinski definition) is 2. The van der Waals surface area contributed by atoms with Gasteiger partial charge in [-0.25, -0.2) is 0 Å². The lowest BCUT2D eigenvalue weighted by atomic mass is 10.2. The van der Waals surface area contributed by atoms with Gasteiger partial charge in [0.15, 0.2) is 0 Å². The minimum Gasteiger partial charge on any atom is -0.0985 e. The first kappa shape index (κ1) is 15.0. The standard InChI is InChI=1S/C20H16S2/c1-2-16-11-13-18(14-12-16)22-20-10-6-9-19(15-20)21-17-7-4-3-5-8-17/h2-15H,1H2. The molecule has 0 fully saturated rings. The van der Waals surface area contributed by atoms with Gasteiger partial charge in [-0.3, -0.25) is 0 Å². The SMILES string of the molecule is C=Cc1ccc(Sc2cccc(Sc3ccccc3)c2)cc1. The van der Waals surface area contributed by atoms with Gasteiger partial charge in [-0.05, 0) is 48.0 Å². The van der Waals surface area contributed by atoms with Gasteiger partial charge in [-0.15, -0.1) is 0 Å². The van der Waals surface area contributed by atoms with Crippen molar-refractivity contribution in [1.82, 2.24) is 0 Å². The normalized spacial score (nSPS) is 10.4. The van der Waals surface area contributed by atoms with Crippen molar-refractivity contribution in [3.8, 4) is 0 Å². The van der Waals surface area contributed by atoms with Crippen LogP contribution in [0.2, 0.25) is 0 Å². The second-order valence-corrected chi connectivity index (χ2v) is 7.06. The molecule has 0 unspecified atom stereocenters. The highest BCUT2D eigenvalue weighted by Crippen LogP contribution is 2.33. The molecule has 22 heavy (non-hydrogen) atoms. The van der Waals surface area contributed by atoms with Gasteiger partial charge in [0.2, 0.25) is 0 Å². The molecule has 0 bridgehead atoms. The minimum atomic E-state index is 1.15. The summed E-state index contributed by atoms with van der Waals surface area (Å²) < 4.78 is 0. The van der Waals surface area contributed by atoms with Crippen molar-refractivity contribution in [2.45, 2.75) is 19.6 Å². The van der Waals surface area contributed by atoms with Crippen molar-refractivity contribution < 1.29 is 0 Å². The molecule has 108 valence electrons. The van der Waals surface area contributed by atoms with Crippen molar-refractivity contribution in [3.05, 3.63) is 91.0 Å². The first-order chi connectivity index (χ1) is 10.8. The van der Waals surface area contributed by atoms with E-state index in [0.29, 0.717) is 0 Å². The summed E-state index contributed by atoms with van der Waals surface area (Å²) in [5.74, 6) is 0. The van der Waals surface area contributed by atoms with Crippen LogP contribution in [0.1, 0.15) is 5.56 Å². The van der Waals surface area contributed by atoms with Gasteiger partial charge in [0.05, 0.1) is 0 Å². The highest BCUT2D eigenvalue weighted by molar-refractivity contribution is 8.00. The zero-order chi connectivity index (χ0) is 15.2. The Labute approximate surface area is 140 Å². The van der Waals surface area contributed by atoms with Crippen LogP contribution in [0, 0.1) is 0 Å². The van der Waals surface area contributed by atoms with E-state index in [-0.39, 0.29) is 0 Å². The van der Waals surface area contributed by atoms with E-state index in [1.807, 2.05) is 12.1 Å². The Bertz CT molecular complexity index is 746. The maximum Gasteiger partial charge on any atom is 0.0133 e. The zero-order valence-corrected chi connectivity index (χ0v) is 13.7. The molecule has 0 aliphatic heterocycles. The van der Waals surface area contributed by atoms with Crippen molar-refractivity contribution in [2.24, 2.45) is 0 Å². The fourth-order valence-corrected chi connectivity index (χ4v) is 3.88. The smallest absolute Gasteiger partial charge is 0.0133 e. The number of hydrogen-bond donors (Lipinski definition) is 0. The third-order valence-corrected chi connectivity index (χ3v) is 5.13. The summed E-state index contributed by atoms with van der Waals surface area (Å²) in [5, 5.41) is 0. The molecule has 0 radical (unpaired) electrons. The summed E-state index contributed by atoms with van der Waals surface area (Å²) in [7, 11) is 0. The van der Waals surface area contributed by atoms with Gasteiger partial charge in [0.25, 0.3) is 0 Å². The Morgan fingerprint density at radius 3 is 1.73 bits per heavy atom. The molecule has 0 N–H and O–H groups in total. The number of rotatable bonds is 5. The lowest BCUT2D eigenvalue weighted by molar-refractivity contribution is 1.31. The van der Waals surface area contributed by atoms with E-state index in [1.165, 1.54) is 19.6 Å². The molecular weight excluding hydrogens is 304 g/mol. The third-order valence-electron chi connectivity index (χ3n) is 3.14. The minimum absolute atomic E-state index is 1.15. The molecule has 0 nitrogen and oxygen atoms in total. The van der Waals surface area contributed by atoms with Crippen molar-refractivity contribution >= 4 is 29.6 Å². The Balaban J connectivity index is 1.74. The van der Waals surface area contributed by atoms with Gasteiger partial charge in [0.1, 0.15) is 0 Å². The van der Waals surface area contributed by atoms with Gasteiger partial charge in [-0.1, -0.05) is 72.6 Å². The van der Waals surface area contributed by atoms with E-state index in [2.05, 4.69) is 79.4 Å². The summed E-state index contributed by atoms with van der Waals surface area (Å²) in [5.41, 5.74) is 1.15. The van der Waals surface area contributed by atoms with Crippen molar-refractivity contribution in [1.29, 1.82) is 0 Å². The van der Waals surface area contributed by atoms with Crippen LogP contribution in [0.3, 0.4) is 0 Å². The molecule has 0 aliphatic rings. The Hall–Kier alpha value is -1.90. The molecule has 0 saturated heterocycles. The van der Waals surface area contributed by atoms with E-state index in [1.54, 1.807) is 23.5 Å². The van der Waals surface area contributed by atoms with Crippen LogP contribution in [0.4, 0.5) is 0 Å². The average molecular weight is 320 g/mol. The summed E-state index contributed by atoms with van der Waals surface area (Å²) >= 11 is 3.58. The van der Waals surface area contributed by atoms with E-state index >= 15 is 0 Å². The zero-order valence-electron chi connectivity index (χ0n) is 12.1. The van der Waals surface area contributed by atoms with Crippen LogP contribution in [-0.2, 0) is 0 Å². The second-order valence-electron chi connectivity index (χ2n) is 4.77. The predicted molar refractivity (Wildman–Crippen MR) is 97.7 cm³/mol. The molecule has 3 aromatic rings. The Morgan fingerprint density at radius 1 is 0.591 bits per heavy atom. The summed E-state index contributed by atoms with van der Waals surface area (Å²) in [6, 6.07) is 27.6. The molecule has 0 amide bonds. The maximum absolute atomic E-state index is 3.79. The van der Waals surface area contributed by atoms with E-state index in [9.17, 15) is 0 Å². The monoisotopic (exact) mass is 320 g/mol. The van der Waals surface area contributed by atoms with Crippen LogP contribution in [0.25, 0.3) is 6.08 Å². The molecular formula is C20H16S2. The van der Waals surface area contributed by atoms with Gasteiger partial charge in [0, 0.05) is 19.6 Å². The van der Waals surface area contributed by atoms with Crippen LogP contribution >= 0.6 is 23.5 Å². The van der Waals surface area contributed by atoms with E-state index < -0.39 is 0 Å². The van der Waals surface area contributed by atoms with Crippen molar-refractivity contribution in [2.75, 3.05) is 0 Å². The average Bonchev–Trinajstić information content (AvgIpc) is 2.57. The topological polar surface area (TPSA) is 0 Å². The lowest BCUT2D eigenvalue weighted by Crippen LogP contribution is -1.77. The molecule has 3 aromatic carbocycles. The van der Waals surface area contributed by atoms with Crippen LogP contribution in [0.5, 0.6) is 0 Å². The van der Waals surface area contributed by atoms with Crippen LogP contribution in [0.15, 0.2) is 105 Å². The van der Waals surface area contributed by atoms with Gasteiger partial charge < -0.3 is 0 Å². The Morgan fingerprint density at radius 2 is 1.14 bits per heavy atom. The highest BCUT2D eigenvalue weighted by Gasteiger charge is 2.01. The maximum atomic E-state index is 3.79. The van der Waals surface area contributed by atoms with Gasteiger partial charge in [-0.2, -0.15) is 0 Å². The fraction of sp³-hybridized carbons (Fsp3) is 0. The number of benzene rings is 3. The molecule has 0 atom stereocenters. The summed E-state index contributed by atoms with van der Waals surface area (Å²) in [4.78, 5) is 5.03. The second kappa shape index (κ2) is 7.39. The Kier molecular flexibility index (Phi) is 5.04. The third kappa shape index (κ3) is 4.06. The molecule has 0 aliphatic carbocycles. The summed E-state index contributed by atoms with van der Waals surface area (Å²) in [6.07, 6.45) is 1.87. The van der Waals surface area contributed by atoms with Crippen LogP contribution < -0.4 is 0 Å². The first-order valence-electron chi connectivity index (χ1n) is 7.07. The fourth-order valence-electron chi connectivity index (χ4n) is 2.03. The molecule has 0 aromatic heterocycles. The lowest BCUT2D eigenvalue weighted by Gasteiger charge is -2.06. The van der Waals surface area contributed by atoms with Gasteiger partial charge >= 0.3 is 0 Å². The quantitative estimate of drug-likeness (QED) is 0.517. The van der Waals surface area contributed by atoms with Crippen LogP contribution in [-0.4, -0.2) is 0 Å².